The predicted octanol–water partition coefficient (Wildman–Crippen LogP) is 8.91. The Morgan fingerprint density at radius 3 is 2.58 bits per heavy atom. The number of hydrogen-bond acceptors (Lipinski definition) is 7. The summed E-state index contributed by atoms with van der Waals surface area (Å²) in [5, 5.41) is 24.5. The zero-order valence-electron chi connectivity index (χ0n) is 31.8. The molecule has 1 saturated carbocycles. The minimum absolute atomic E-state index is 0.0242. The molecule has 7 aliphatic rings. The lowest BCUT2D eigenvalue weighted by molar-refractivity contribution is -0.135. The zero-order valence-corrected chi connectivity index (χ0v) is 31.8. The number of ether oxygens (including phenoxy) is 2. The van der Waals surface area contributed by atoms with Gasteiger partial charge in [0.2, 0.25) is 0 Å². The molecule has 282 valence electrons. The Morgan fingerprint density at radius 1 is 0.964 bits per heavy atom. The minimum Gasteiger partial charge on any atom is -0.508 e. The zero-order chi connectivity index (χ0) is 38.1. The number of aliphatic hydroxyl groups is 1. The van der Waals surface area contributed by atoms with E-state index < -0.39 is 16.7 Å². The van der Waals surface area contributed by atoms with Gasteiger partial charge in [-0.05, 0) is 133 Å². The van der Waals surface area contributed by atoms with Crippen LogP contribution in [0.3, 0.4) is 0 Å². The Kier molecular flexibility index (Phi) is 8.86. The molecule has 2 aliphatic heterocycles. The van der Waals surface area contributed by atoms with E-state index in [9.17, 15) is 19.8 Å². The lowest BCUT2D eigenvalue weighted by atomic mass is 9.38. The third-order valence-electron chi connectivity index (χ3n) is 13.6. The van der Waals surface area contributed by atoms with E-state index in [-0.39, 0.29) is 48.1 Å². The van der Waals surface area contributed by atoms with Gasteiger partial charge in [-0.15, -0.1) is 0 Å². The number of aliphatic hydroxyl groups excluding tert-OH is 1. The summed E-state index contributed by atoms with van der Waals surface area (Å²) in [6.07, 6.45) is 13.8. The van der Waals surface area contributed by atoms with Crippen molar-refractivity contribution >= 4 is 17.5 Å². The monoisotopic (exact) mass is 735 g/mol. The molecule has 7 atom stereocenters. The van der Waals surface area contributed by atoms with E-state index in [1.54, 1.807) is 6.07 Å². The highest BCUT2D eigenvalue weighted by Gasteiger charge is 2.73. The molecule has 7 nitrogen and oxygen atoms in total. The number of rotatable bonds is 8. The third-order valence-corrected chi connectivity index (χ3v) is 13.6. The first-order chi connectivity index (χ1) is 26.7. The van der Waals surface area contributed by atoms with Gasteiger partial charge < -0.3 is 25.0 Å². The number of hydrogen-bond donors (Lipinski definition) is 3. The molecular weight excluding hydrogens is 687 g/mol. The highest BCUT2D eigenvalue weighted by molar-refractivity contribution is 6.08. The van der Waals surface area contributed by atoms with Crippen molar-refractivity contribution in [3.05, 3.63) is 142 Å². The van der Waals surface area contributed by atoms with Crippen LogP contribution in [-0.2, 0) is 25.5 Å². The number of carbonyl (C=O) groups excluding carboxylic acids is 2. The first-order valence-electron chi connectivity index (χ1n) is 20.0. The molecule has 10 rings (SSSR count). The summed E-state index contributed by atoms with van der Waals surface area (Å²) in [7, 11) is 1.97. The van der Waals surface area contributed by atoms with Crippen LogP contribution in [0, 0.1) is 34.5 Å². The van der Waals surface area contributed by atoms with Crippen molar-refractivity contribution in [2.75, 3.05) is 13.7 Å². The first-order valence-corrected chi connectivity index (χ1v) is 20.0. The fraction of sp³-hybridized carbons (Fsp3) is 0.375. The van der Waals surface area contributed by atoms with Gasteiger partial charge in [0, 0.05) is 29.1 Å². The molecular formula is C48H49NO6. The molecule has 3 aromatic carbocycles. The second-order valence-corrected chi connectivity index (χ2v) is 16.5. The number of benzene rings is 3. The summed E-state index contributed by atoms with van der Waals surface area (Å²) in [4.78, 5) is 29.4. The molecule has 3 N–H and O–H groups in total. The number of likely N-dealkylation sites (N-methyl/N-ethyl adjacent to an activating group) is 1. The van der Waals surface area contributed by atoms with Crippen LogP contribution < -0.4 is 5.32 Å². The fourth-order valence-electron chi connectivity index (χ4n) is 11.0. The quantitative estimate of drug-likeness (QED) is 0.157. The van der Waals surface area contributed by atoms with Crippen LogP contribution in [0.1, 0.15) is 75.1 Å². The van der Waals surface area contributed by atoms with E-state index in [4.69, 9.17) is 9.47 Å². The van der Waals surface area contributed by atoms with Crippen molar-refractivity contribution < 1.29 is 29.3 Å². The van der Waals surface area contributed by atoms with Gasteiger partial charge in [-0.3, -0.25) is 0 Å². The van der Waals surface area contributed by atoms with Crippen LogP contribution in [0.4, 0.5) is 0 Å². The largest absolute Gasteiger partial charge is 0.508 e. The summed E-state index contributed by atoms with van der Waals surface area (Å²) in [6.45, 7) is 4.20. The SMILES string of the molecule is CC[C@H](/C=C1\OC(=O)C2=C3c4cc(O)ccc4-c4cccc(c4)[C@@H](NC)/C=C\[C@@]45CCC6=C(C(=O)OC6=CC[C@H](C)CO)[C@@H]4[C@]21CC[C@@H]35)Cc1ccccc1. The molecule has 0 amide bonds. The molecule has 3 aromatic rings. The second kappa shape index (κ2) is 13.6. The van der Waals surface area contributed by atoms with Gasteiger partial charge in [0.25, 0.3) is 0 Å². The van der Waals surface area contributed by atoms with Crippen LogP contribution in [0.5, 0.6) is 5.75 Å². The van der Waals surface area contributed by atoms with Gasteiger partial charge in [0.05, 0.1) is 17.0 Å². The number of allylic oxidation sites excluding steroid dienone is 6. The molecule has 2 heterocycles. The Bertz CT molecular complexity index is 2240. The van der Waals surface area contributed by atoms with Crippen molar-refractivity contribution in [1.29, 1.82) is 0 Å². The van der Waals surface area contributed by atoms with Crippen molar-refractivity contribution in [3.63, 3.8) is 0 Å². The van der Waals surface area contributed by atoms with E-state index in [0.717, 1.165) is 59.1 Å². The van der Waals surface area contributed by atoms with Crippen LogP contribution >= 0.6 is 0 Å². The van der Waals surface area contributed by atoms with E-state index >= 15 is 0 Å². The van der Waals surface area contributed by atoms with Crippen LogP contribution in [0.15, 0.2) is 125 Å². The van der Waals surface area contributed by atoms with E-state index in [1.165, 1.54) is 5.56 Å². The van der Waals surface area contributed by atoms with Gasteiger partial charge in [-0.25, -0.2) is 9.59 Å². The molecule has 2 fully saturated rings. The average Bonchev–Trinajstić information content (AvgIpc) is 3.68. The van der Waals surface area contributed by atoms with Gasteiger partial charge in [0.15, 0.2) is 0 Å². The summed E-state index contributed by atoms with van der Waals surface area (Å²) in [5.41, 5.74) is 6.74. The molecule has 7 heteroatoms. The number of esters is 2. The topological polar surface area (TPSA) is 105 Å². The first kappa shape index (κ1) is 35.7. The molecule has 0 radical (unpaired) electrons. The number of fused-ring (bicyclic) bond motifs is 5. The van der Waals surface area contributed by atoms with Crippen molar-refractivity contribution in [1.82, 2.24) is 5.32 Å². The second-order valence-electron chi connectivity index (χ2n) is 16.5. The number of phenolic OH excluding ortho intramolecular Hbond substituents is 1. The summed E-state index contributed by atoms with van der Waals surface area (Å²) < 4.78 is 12.8. The molecule has 0 aromatic heterocycles. The van der Waals surface area contributed by atoms with Gasteiger partial charge >= 0.3 is 11.9 Å². The molecule has 6 bridgehead atoms. The predicted molar refractivity (Wildman–Crippen MR) is 212 cm³/mol. The lowest BCUT2D eigenvalue weighted by Gasteiger charge is -2.62. The molecule has 1 saturated heterocycles. The van der Waals surface area contributed by atoms with Gasteiger partial charge in [-0.1, -0.05) is 80.6 Å². The van der Waals surface area contributed by atoms with E-state index in [0.29, 0.717) is 41.9 Å². The van der Waals surface area contributed by atoms with Crippen LogP contribution in [-0.4, -0.2) is 35.8 Å². The maximum Gasteiger partial charge on any atom is 0.340 e. The summed E-state index contributed by atoms with van der Waals surface area (Å²) in [6, 6.07) is 24.3. The molecule has 5 aliphatic carbocycles. The standard InChI is InChI=1S/C48H49NO6/c1-4-29(23-30-9-6-5-7-10-30)24-40-48-22-18-37-41(43(48)46(53)55-40)36-26-33(51)14-15-34(36)31-11-8-12-32(25-31)38(49-3)19-21-47(37)20-17-35-39(16-13-28(2)27-50)54-45(52)42(35)44(47)48/h5-12,14-16,19,21,24-26,28-29,37-38,44,49-51H,4,13,17-18,20,22-23,27H2,1-3H3/b21-19-,39-16?,40-24-/t28-,29-,37-,38-,44-,47+,48-/m0/s1. The van der Waals surface area contributed by atoms with Crippen LogP contribution in [0.25, 0.3) is 16.7 Å². The number of cyclic esters (lactones) is 2. The Hall–Kier alpha value is -4.98. The maximum absolute atomic E-state index is 14.9. The van der Waals surface area contributed by atoms with Crippen molar-refractivity contribution in [2.45, 2.75) is 64.8 Å². The van der Waals surface area contributed by atoms with Gasteiger partial charge in [-0.2, -0.15) is 0 Å². The Balaban J connectivity index is 1.36. The highest BCUT2D eigenvalue weighted by atomic mass is 16.5. The van der Waals surface area contributed by atoms with Crippen molar-refractivity contribution in [3.8, 4) is 16.9 Å². The summed E-state index contributed by atoms with van der Waals surface area (Å²) >= 11 is 0. The molecule has 55 heavy (non-hydrogen) atoms. The van der Waals surface area contributed by atoms with Gasteiger partial charge in [0.1, 0.15) is 17.3 Å². The average molecular weight is 736 g/mol. The normalized spacial score (nSPS) is 30.6. The molecule has 0 unspecified atom stereocenters. The minimum atomic E-state index is -0.937. The number of carbonyl (C=O) groups is 2. The molecule has 2 spiro atoms. The maximum atomic E-state index is 14.9. The lowest BCUT2D eigenvalue weighted by Crippen LogP contribution is -2.58. The highest BCUT2D eigenvalue weighted by Crippen LogP contribution is 2.76. The number of phenols is 1. The number of nitrogens with one attached hydrogen (secondary N) is 1. The Labute approximate surface area is 323 Å². The Morgan fingerprint density at radius 2 is 1.80 bits per heavy atom. The summed E-state index contributed by atoms with van der Waals surface area (Å²) in [5.74, 6) is 0.211. The van der Waals surface area contributed by atoms with Crippen molar-refractivity contribution in [2.24, 2.45) is 34.5 Å². The fourth-order valence-corrected chi connectivity index (χ4v) is 11.0. The smallest absolute Gasteiger partial charge is 0.340 e. The number of aromatic hydroxyl groups is 1. The van der Waals surface area contributed by atoms with Crippen LogP contribution in [0.2, 0.25) is 0 Å². The van der Waals surface area contributed by atoms with E-state index in [1.807, 2.05) is 38.2 Å². The van der Waals surface area contributed by atoms with E-state index in [2.05, 4.69) is 79.0 Å². The third kappa shape index (κ3) is 5.45.